The molecular weight excluding hydrogens is 721 g/mol. The zero-order valence-corrected chi connectivity index (χ0v) is 31.6. The number of rotatable bonds is 6. The van der Waals surface area contributed by atoms with Crippen LogP contribution in [0, 0.1) is 0 Å². The number of benzene rings is 7. The lowest BCUT2D eigenvalue weighted by atomic mass is 9.87. The summed E-state index contributed by atoms with van der Waals surface area (Å²) in [5.74, 6) is 0. The Morgan fingerprint density at radius 2 is 0.589 bits per heavy atom. The molecule has 11 rings (SSSR count). The van der Waals surface area contributed by atoms with Crippen molar-refractivity contribution in [3.05, 3.63) is 182 Å². The highest BCUT2D eigenvalue weighted by Gasteiger charge is 2.23. The summed E-state index contributed by atoms with van der Waals surface area (Å²) in [6.45, 7) is 0. The molecule has 0 amide bonds. The first-order chi connectivity index (χ1) is 27.8. The fraction of sp³-hybridized carbons (Fsp3) is 0. The van der Waals surface area contributed by atoms with Gasteiger partial charge < -0.3 is 0 Å². The third-order valence-electron chi connectivity index (χ3n) is 10.4. The molecule has 56 heavy (non-hydrogen) atoms. The summed E-state index contributed by atoms with van der Waals surface area (Å²) < 4.78 is 2.36. The molecule has 0 N–H and O–H groups in total. The Bertz CT molecular complexity index is 3040. The normalized spacial score (nSPS) is 11.6. The molecule has 0 aliphatic carbocycles. The average molecular weight is 751 g/mol. The second kappa shape index (κ2) is 13.5. The fourth-order valence-corrected chi connectivity index (χ4v) is 9.85. The quantitative estimate of drug-likeness (QED) is 0.170. The van der Waals surface area contributed by atoms with Gasteiger partial charge >= 0.3 is 0 Å². The molecule has 0 unspecified atom stereocenters. The molecule has 0 fully saturated rings. The van der Waals surface area contributed by atoms with Crippen LogP contribution < -0.4 is 0 Å². The van der Waals surface area contributed by atoms with Gasteiger partial charge in [0.05, 0.1) is 22.8 Å². The van der Waals surface area contributed by atoms with Crippen molar-refractivity contribution >= 4 is 63.5 Å². The molecule has 4 aromatic heterocycles. The Kier molecular flexibility index (Phi) is 7.83. The van der Waals surface area contributed by atoms with E-state index in [-0.39, 0.29) is 0 Å². The predicted molar refractivity (Wildman–Crippen MR) is 236 cm³/mol. The van der Waals surface area contributed by atoms with Gasteiger partial charge in [0, 0.05) is 42.4 Å². The molecule has 262 valence electrons. The topological polar surface area (TPSA) is 51.6 Å². The van der Waals surface area contributed by atoms with E-state index in [4.69, 9.17) is 19.9 Å². The lowest BCUT2D eigenvalue weighted by molar-refractivity contribution is 1.31. The zero-order chi connectivity index (χ0) is 37.0. The third kappa shape index (κ3) is 5.41. The van der Waals surface area contributed by atoms with Crippen molar-refractivity contribution in [3.8, 4) is 67.3 Å². The van der Waals surface area contributed by atoms with Crippen LogP contribution in [0.25, 0.3) is 108 Å². The molecule has 0 atom stereocenters. The number of aromatic nitrogens is 4. The first-order valence-electron chi connectivity index (χ1n) is 18.6. The minimum absolute atomic E-state index is 0.859. The molecule has 4 nitrogen and oxygen atoms in total. The lowest BCUT2D eigenvalue weighted by Gasteiger charge is -2.18. The van der Waals surface area contributed by atoms with Gasteiger partial charge in [-0.3, -0.25) is 0 Å². The molecule has 11 aromatic rings. The van der Waals surface area contributed by atoms with Crippen LogP contribution in [0.3, 0.4) is 0 Å². The summed E-state index contributed by atoms with van der Waals surface area (Å²) in [6.07, 6.45) is 0. The molecule has 0 saturated carbocycles. The van der Waals surface area contributed by atoms with E-state index in [9.17, 15) is 0 Å². The van der Waals surface area contributed by atoms with Gasteiger partial charge in [-0.05, 0) is 34.4 Å². The van der Waals surface area contributed by atoms with Crippen LogP contribution in [0.1, 0.15) is 0 Å². The van der Waals surface area contributed by atoms with Crippen LogP contribution in [0.4, 0.5) is 0 Å². The molecule has 0 aliphatic heterocycles. The van der Waals surface area contributed by atoms with Gasteiger partial charge in [0.15, 0.2) is 0 Å². The average Bonchev–Trinajstić information content (AvgIpc) is 3.83. The van der Waals surface area contributed by atoms with Crippen molar-refractivity contribution < 1.29 is 0 Å². The Hall–Kier alpha value is -6.86. The van der Waals surface area contributed by atoms with Crippen LogP contribution in [0.2, 0.25) is 0 Å². The van der Waals surface area contributed by atoms with E-state index >= 15 is 0 Å². The molecule has 0 spiro atoms. The number of fused-ring (bicyclic) bond motifs is 6. The molecule has 7 aromatic carbocycles. The van der Waals surface area contributed by atoms with Gasteiger partial charge in [-0.25, -0.2) is 19.9 Å². The van der Waals surface area contributed by atoms with E-state index < -0.39 is 0 Å². The summed E-state index contributed by atoms with van der Waals surface area (Å²) >= 11 is 3.38. The highest BCUT2D eigenvalue weighted by atomic mass is 32.1. The molecule has 0 aliphatic rings. The second-order valence-corrected chi connectivity index (χ2v) is 15.8. The van der Waals surface area contributed by atoms with Crippen molar-refractivity contribution in [2.45, 2.75) is 0 Å². The number of thiophene rings is 2. The van der Waals surface area contributed by atoms with Crippen molar-refractivity contribution in [1.82, 2.24) is 19.9 Å². The number of nitrogens with zero attached hydrogens (tertiary/aromatic N) is 4. The van der Waals surface area contributed by atoms with E-state index in [2.05, 4.69) is 170 Å². The Morgan fingerprint density at radius 1 is 0.268 bits per heavy atom. The molecular formula is C50H30N4S2. The van der Waals surface area contributed by atoms with E-state index in [0.717, 1.165) is 98.7 Å². The highest BCUT2D eigenvalue weighted by molar-refractivity contribution is 7.25. The van der Waals surface area contributed by atoms with Crippen molar-refractivity contribution in [1.29, 1.82) is 0 Å². The maximum absolute atomic E-state index is 5.49. The van der Waals surface area contributed by atoms with Crippen LogP contribution in [0.5, 0.6) is 0 Å². The maximum atomic E-state index is 5.49. The summed E-state index contributed by atoms with van der Waals surface area (Å²) in [7, 11) is 0. The number of hydrogen-bond donors (Lipinski definition) is 0. The van der Waals surface area contributed by atoms with Crippen molar-refractivity contribution in [3.63, 3.8) is 0 Å². The minimum atomic E-state index is 0.859. The largest absolute Gasteiger partial charge is 0.242 e. The van der Waals surface area contributed by atoms with Gasteiger partial charge in [0.1, 0.15) is 20.7 Å². The van der Waals surface area contributed by atoms with Crippen LogP contribution in [-0.2, 0) is 0 Å². The van der Waals surface area contributed by atoms with E-state index in [1.807, 2.05) is 12.1 Å². The minimum Gasteiger partial charge on any atom is -0.242 e. The fourth-order valence-electron chi connectivity index (χ4n) is 7.82. The summed E-state index contributed by atoms with van der Waals surface area (Å²) in [6, 6.07) is 63.7. The highest BCUT2D eigenvalue weighted by Crippen LogP contribution is 2.46. The van der Waals surface area contributed by atoms with Gasteiger partial charge in [-0.15, -0.1) is 22.7 Å². The van der Waals surface area contributed by atoms with E-state index in [1.165, 1.54) is 9.40 Å². The molecule has 0 saturated heterocycles. The first kappa shape index (κ1) is 32.6. The van der Waals surface area contributed by atoms with E-state index in [1.54, 1.807) is 22.7 Å². The Morgan fingerprint density at radius 3 is 1.00 bits per heavy atom. The number of hydrogen-bond acceptors (Lipinski definition) is 6. The lowest BCUT2D eigenvalue weighted by Crippen LogP contribution is -1.98. The summed E-state index contributed by atoms with van der Waals surface area (Å²) in [5, 5.41) is 2.25. The zero-order valence-electron chi connectivity index (χ0n) is 29.9. The first-order valence-corrected chi connectivity index (χ1v) is 20.2. The van der Waals surface area contributed by atoms with Crippen LogP contribution >= 0.6 is 22.7 Å². The smallest absolute Gasteiger partial charge is 0.143 e. The summed E-state index contributed by atoms with van der Waals surface area (Å²) in [4.78, 5) is 23.5. The Labute approximate surface area is 331 Å². The monoisotopic (exact) mass is 750 g/mol. The summed E-state index contributed by atoms with van der Waals surface area (Å²) in [5.41, 5.74) is 13.8. The standard InChI is InChI=1S/C50H30N4S2/c1-3-17-31(18-4-1)43-45(51-47-39-27-13-15-29-41(39)55-49(47)53-43)37-25-11-9-23-35(37)33-21-7-8-22-34(33)36-24-10-12-26-38(36)46-44(32-19-5-2-6-20-32)54-50-48(52-46)40-28-14-16-30-42(40)56-50/h1-30H. The van der Waals surface area contributed by atoms with Gasteiger partial charge in [0.2, 0.25) is 0 Å². The van der Waals surface area contributed by atoms with Crippen LogP contribution in [0.15, 0.2) is 182 Å². The van der Waals surface area contributed by atoms with Crippen molar-refractivity contribution in [2.24, 2.45) is 0 Å². The van der Waals surface area contributed by atoms with Crippen LogP contribution in [-0.4, -0.2) is 19.9 Å². The van der Waals surface area contributed by atoms with Crippen molar-refractivity contribution in [2.75, 3.05) is 0 Å². The molecule has 0 radical (unpaired) electrons. The van der Waals surface area contributed by atoms with Gasteiger partial charge in [-0.2, -0.15) is 0 Å². The third-order valence-corrected chi connectivity index (χ3v) is 12.5. The van der Waals surface area contributed by atoms with E-state index in [0.29, 0.717) is 0 Å². The Balaban J connectivity index is 1.15. The van der Waals surface area contributed by atoms with Gasteiger partial charge in [0.25, 0.3) is 0 Å². The van der Waals surface area contributed by atoms with Gasteiger partial charge in [-0.1, -0.05) is 170 Å². The predicted octanol–water partition coefficient (Wildman–Crippen LogP) is 14.0. The second-order valence-electron chi connectivity index (χ2n) is 13.7. The molecule has 4 heterocycles. The SMILES string of the molecule is c1ccc(-c2nc3sc4ccccc4c3nc2-c2ccccc2-c2ccccc2-c2ccccc2-c2nc3c(nc2-c2ccccc2)sc2ccccc23)cc1. The molecule has 0 bridgehead atoms. The molecule has 6 heteroatoms. The maximum Gasteiger partial charge on any atom is 0.143 e.